The van der Waals surface area contributed by atoms with Gasteiger partial charge in [0, 0.05) is 35.4 Å². The van der Waals surface area contributed by atoms with Gasteiger partial charge in [0.1, 0.15) is 0 Å². The van der Waals surface area contributed by atoms with E-state index in [-0.39, 0.29) is 6.61 Å². The van der Waals surface area contributed by atoms with Crippen molar-refractivity contribution in [2.24, 2.45) is 0 Å². The van der Waals surface area contributed by atoms with Crippen molar-refractivity contribution in [2.75, 3.05) is 31.6 Å². The molecule has 0 spiro atoms. The van der Waals surface area contributed by atoms with Crippen molar-refractivity contribution in [2.45, 2.75) is 6.10 Å². The lowest BCUT2D eigenvalue weighted by atomic mass is 10.1. The second kappa shape index (κ2) is 7.77. The molecular formula is C18H20ClN3O2. The van der Waals surface area contributed by atoms with Gasteiger partial charge in [-0.15, -0.1) is 0 Å². The maximum atomic E-state index is 9.33. The highest BCUT2D eigenvalue weighted by Gasteiger charge is 2.09. The van der Waals surface area contributed by atoms with Gasteiger partial charge >= 0.3 is 0 Å². The van der Waals surface area contributed by atoms with Crippen LogP contribution in [0, 0.1) is 0 Å². The highest BCUT2D eigenvalue weighted by molar-refractivity contribution is 6.31. The maximum Gasteiger partial charge on any atom is 0.0894 e. The summed E-state index contributed by atoms with van der Waals surface area (Å²) in [4.78, 5) is 4.68. The SMILES string of the molecule is OCC(O)CNCCNc1c2ccccc2nc2cc(Cl)ccc12. The largest absolute Gasteiger partial charge is 0.394 e. The van der Waals surface area contributed by atoms with Crippen molar-refractivity contribution in [3.63, 3.8) is 0 Å². The van der Waals surface area contributed by atoms with Crippen LogP contribution >= 0.6 is 11.6 Å². The Balaban J connectivity index is 1.84. The first-order valence-electron chi connectivity index (χ1n) is 7.90. The fraction of sp³-hybridized carbons (Fsp3) is 0.278. The van der Waals surface area contributed by atoms with Crippen molar-refractivity contribution >= 4 is 39.1 Å². The standard InChI is InChI=1S/C18H20ClN3O2/c19-12-5-6-15-17(9-12)22-16-4-2-1-3-14(16)18(15)21-8-7-20-10-13(24)11-23/h1-6,9,13,20,23-24H,7-8,10-11H2,(H,21,22). The van der Waals surface area contributed by atoms with Gasteiger partial charge in [0.25, 0.3) is 0 Å². The fourth-order valence-electron chi connectivity index (χ4n) is 2.67. The summed E-state index contributed by atoms with van der Waals surface area (Å²) < 4.78 is 0. The minimum Gasteiger partial charge on any atom is -0.394 e. The van der Waals surface area contributed by atoms with E-state index in [0.717, 1.165) is 27.5 Å². The summed E-state index contributed by atoms with van der Waals surface area (Å²) in [5, 5.41) is 27.4. The van der Waals surface area contributed by atoms with E-state index in [1.54, 1.807) is 0 Å². The highest BCUT2D eigenvalue weighted by Crippen LogP contribution is 2.31. The van der Waals surface area contributed by atoms with E-state index in [0.29, 0.717) is 24.7 Å². The molecule has 0 bridgehead atoms. The zero-order valence-electron chi connectivity index (χ0n) is 13.2. The number of anilines is 1. The molecule has 0 amide bonds. The Morgan fingerprint density at radius 2 is 1.83 bits per heavy atom. The number of nitrogens with zero attached hydrogens (tertiary/aromatic N) is 1. The second-order valence-corrected chi connectivity index (χ2v) is 6.07. The molecule has 0 aliphatic carbocycles. The molecule has 1 aromatic heterocycles. The maximum absolute atomic E-state index is 9.33. The summed E-state index contributed by atoms with van der Waals surface area (Å²) >= 11 is 6.10. The monoisotopic (exact) mass is 345 g/mol. The highest BCUT2D eigenvalue weighted by atomic mass is 35.5. The van der Waals surface area contributed by atoms with Crippen molar-refractivity contribution in [3.8, 4) is 0 Å². The average Bonchev–Trinajstić information content (AvgIpc) is 2.60. The van der Waals surface area contributed by atoms with Crippen molar-refractivity contribution in [1.82, 2.24) is 10.3 Å². The number of hydrogen-bond acceptors (Lipinski definition) is 5. The van der Waals surface area contributed by atoms with Gasteiger partial charge in [-0.2, -0.15) is 0 Å². The van der Waals surface area contributed by atoms with Crippen LogP contribution in [0.5, 0.6) is 0 Å². The molecule has 0 fully saturated rings. The minimum absolute atomic E-state index is 0.235. The molecule has 3 aromatic rings. The van der Waals surface area contributed by atoms with Gasteiger partial charge in [-0.05, 0) is 24.3 Å². The Morgan fingerprint density at radius 1 is 1.04 bits per heavy atom. The Morgan fingerprint density at radius 3 is 2.67 bits per heavy atom. The lowest BCUT2D eigenvalue weighted by Gasteiger charge is -2.14. The molecule has 4 N–H and O–H groups in total. The molecule has 0 saturated heterocycles. The van der Waals surface area contributed by atoms with Gasteiger partial charge < -0.3 is 20.8 Å². The first kappa shape index (κ1) is 16.9. The fourth-order valence-corrected chi connectivity index (χ4v) is 2.83. The van der Waals surface area contributed by atoms with Crippen LogP contribution in [-0.2, 0) is 0 Å². The van der Waals surface area contributed by atoms with Crippen LogP contribution in [0.4, 0.5) is 5.69 Å². The Bertz CT molecular complexity index is 841. The number of benzene rings is 2. The van der Waals surface area contributed by atoms with E-state index < -0.39 is 6.10 Å². The molecule has 1 atom stereocenters. The molecule has 6 heteroatoms. The van der Waals surface area contributed by atoms with Gasteiger partial charge in [0.15, 0.2) is 0 Å². The second-order valence-electron chi connectivity index (χ2n) is 5.63. The van der Waals surface area contributed by atoms with E-state index in [9.17, 15) is 5.11 Å². The van der Waals surface area contributed by atoms with Crippen molar-refractivity contribution in [1.29, 1.82) is 0 Å². The number of aliphatic hydroxyl groups is 2. The molecule has 1 heterocycles. The first-order chi connectivity index (χ1) is 11.7. The van der Waals surface area contributed by atoms with Crippen molar-refractivity contribution in [3.05, 3.63) is 47.5 Å². The molecule has 1 unspecified atom stereocenters. The van der Waals surface area contributed by atoms with Crippen molar-refractivity contribution < 1.29 is 10.2 Å². The molecule has 2 aromatic carbocycles. The molecule has 126 valence electrons. The molecule has 0 aliphatic heterocycles. The third kappa shape index (κ3) is 3.76. The topological polar surface area (TPSA) is 77.4 Å². The summed E-state index contributed by atoms with van der Waals surface area (Å²) in [7, 11) is 0. The third-order valence-corrected chi connectivity index (χ3v) is 4.07. The Labute approximate surface area is 145 Å². The number of para-hydroxylation sites is 1. The minimum atomic E-state index is -0.727. The number of rotatable bonds is 7. The van der Waals surface area contributed by atoms with Crippen LogP contribution in [0.3, 0.4) is 0 Å². The van der Waals surface area contributed by atoms with Crippen LogP contribution in [0.2, 0.25) is 5.02 Å². The summed E-state index contributed by atoms with van der Waals surface area (Å²) in [6.45, 7) is 1.49. The Kier molecular flexibility index (Phi) is 5.48. The predicted octanol–water partition coefficient (Wildman–Crippen LogP) is 2.40. The van der Waals surface area contributed by atoms with E-state index >= 15 is 0 Å². The number of halogens is 1. The number of nitrogens with one attached hydrogen (secondary N) is 2. The normalized spacial score (nSPS) is 12.6. The number of hydrogen-bond donors (Lipinski definition) is 4. The van der Waals surface area contributed by atoms with E-state index in [1.807, 2.05) is 42.5 Å². The van der Waals surface area contributed by atoms with Gasteiger partial charge in [-0.3, -0.25) is 0 Å². The van der Waals surface area contributed by atoms with Crippen LogP contribution in [0.15, 0.2) is 42.5 Å². The van der Waals surface area contributed by atoms with E-state index in [2.05, 4.69) is 15.6 Å². The molecule has 24 heavy (non-hydrogen) atoms. The number of fused-ring (bicyclic) bond motifs is 2. The van der Waals surface area contributed by atoms with Gasteiger partial charge in [0.05, 0.1) is 29.4 Å². The number of aliphatic hydroxyl groups excluding tert-OH is 2. The van der Waals surface area contributed by atoms with E-state index in [4.69, 9.17) is 16.7 Å². The van der Waals surface area contributed by atoms with Crippen LogP contribution < -0.4 is 10.6 Å². The summed E-state index contributed by atoms with van der Waals surface area (Å²) in [6.07, 6.45) is -0.727. The van der Waals surface area contributed by atoms with E-state index in [1.165, 1.54) is 0 Å². The number of pyridine rings is 1. The van der Waals surface area contributed by atoms with Gasteiger partial charge in [-0.25, -0.2) is 4.98 Å². The Hall–Kier alpha value is -1.92. The zero-order chi connectivity index (χ0) is 16.9. The van der Waals surface area contributed by atoms with Gasteiger partial charge in [-0.1, -0.05) is 29.8 Å². The summed E-state index contributed by atoms with van der Waals surface area (Å²) in [6, 6.07) is 13.7. The quantitative estimate of drug-likeness (QED) is 0.391. The molecule has 5 nitrogen and oxygen atoms in total. The van der Waals surface area contributed by atoms with Crippen LogP contribution in [0.1, 0.15) is 0 Å². The summed E-state index contributed by atoms with van der Waals surface area (Å²) in [5.41, 5.74) is 2.79. The third-order valence-electron chi connectivity index (χ3n) is 3.84. The molecular weight excluding hydrogens is 326 g/mol. The molecule has 3 rings (SSSR count). The number of aromatic nitrogens is 1. The summed E-state index contributed by atoms with van der Waals surface area (Å²) in [5.74, 6) is 0. The first-order valence-corrected chi connectivity index (χ1v) is 8.28. The van der Waals surface area contributed by atoms with Gasteiger partial charge in [0.2, 0.25) is 0 Å². The molecule has 0 saturated carbocycles. The smallest absolute Gasteiger partial charge is 0.0894 e. The lowest BCUT2D eigenvalue weighted by molar-refractivity contribution is 0.0949. The zero-order valence-corrected chi connectivity index (χ0v) is 13.9. The lowest BCUT2D eigenvalue weighted by Crippen LogP contribution is -2.32. The predicted molar refractivity (Wildman–Crippen MR) is 98.7 cm³/mol. The average molecular weight is 346 g/mol. The van der Waals surface area contributed by atoms with Crippen LogP contribution in [0.25, 0.3) is 21.8 Å². The molecule has 0 aliphatic rings. The molecule has 0 radical (unpaired) electrons. The van der Waals surface area contributed by atoms with Crippen LogP contribution in [-0.4, -0.2) is 47.5 Å².